The van der Waals surface area contributed by atoms with Gasteiger partial charge < -0.3 is 4.90 Å². The highest BCUT2D eigenvalue weighted by atomic mass is 32.2. The van der Waals surface area contributed by atoms with E-state index in [-0.39, 0.29) is 0 Å². The molecule has 0 saturated carbocycles. The third kappa shape index (κ3) is 3.91. The highest BCUT2D eigenvalue weighted by Gasteiger charge is 2.18. The molecule has 0 aliphatic heterocycles. The molecule has 0 atom stereocenters. The summed E-state index contributed by atoms with van der Waals surface area (Å²) in [5.41, 5.74) is 5.32. The van der Waals surface area contributed by atoms with Crippen molar-refractivity contribution in [3.05, 3.63) is 77.9 Å². The van der Waals surface area contributed by atoms with E-state index in [9.17, 15) is 8.42 Å². The fraction of sp³-hybridized carbons (Fsp3) is 0.217. The van der Waals surface area contributed by atoms with Gasteiger partial charge in [-0.25, -0.2) is 8.42 Å². The number of nitrogens with zero attached hydrogens (tertiary/aromatic N) is 1. The Balaban J connectivity index is 1.95. The number of hydrogen-bond donors (Lipinski definition) is 0. The summed E-state index contributed by atoms with van der Waals surface area (Å²) in [7, 11) is 0.504. The molecule has 0 unspecified atom stereocenters. The average molecular weight is 380 g/mol. The van der Waals surface area contributed by atoms with E-state index >= 15 is 0 Å². The SMILES string of the molecule is CCc1ccc(S(=O)(=O)c2ccc(-c3ccc(N(C)C)cc3)c(C)c2)cc1. The van der Waals surface area contributed by atoms with Gasteiger partial charge in [0.1, 0.15) is 0 Å². The van der Waals surface area contributed by atoms with Gasteiger partial charge in [-0.05, 0) is 72.0 Å². The summed E-state index contributed by atoms with van der Waals surface area (Å²) in [5, 5.41) is 0. The number of aryl methyl sites for hydroxylation is 2. The summed E-state index contributed by atoms with van der Waals surface area (Å²) in [6, 6.07) is 20.8. The van der Waals surface area contributed by atoms with Gasteiger partial charge in [0, 0.05) is 19.8 Å². The third-order valence-electron chi connectivity index (χ3n) is 4.84. The van der Waals surface area contributed by atoms with E-state index in [4.69, 9.17) is 0 Å². The van der Waals surface area contributed by atoms with Crippen LogP contribution < -0.4 is 4.90 Å². The molecule has 0 heterocycles. The maximum absolute atomic E-state index is 12.9. The second-order valence-corrected chi connectivity index (χ2v) is 8.87. The van der Waals surface area contributed by atoms with Crippen LogP contribution in [-0.2, 0) is 16.3 Å². The number of rotatable bonds is 5. The Morgan fingerprint density at radius 2 is 1.41 bits per heavy atom. The van der Waals surface area contributed by atoms with Crippen molar-refractivity contribution in [2.24, 2.45) is 0 Å². The van der Waals surface area contributed by atoms with Crippen molar-refractivity contribution in [3.63, 3.8) is 0 Å². The molecule has 0 aliphatic rings. The van der Waals surface area contributed by atoms with Gasteiger partial charge in [-0.2, -0.15) is 0 Å². The van der Waals surface area contributed by atoms with Crippen molar-refractivity contribution in [1.29, 1.82) is 0 Å². The Morgan fingerprint density at radius 3 is 1.93 bits per heavy atom. The first-order valence-corrected chi connectivity index (χ1v) is 10.5. The Morgan fingerprint density at radius 1 is 0.815 bits per heavy atom. The summed E-state index contributed by atoms with van der Waals surface area (Å²) in [5.74, 6) is 0. The van der Waals surface area contributed by atoms with Crippen LogP contribution in [0.1, 0.15) is 18.1 Å². The van der Waals surface area contributed by atoms with Gasteiger partial charge in [0.15, 0.2) is 0 Å². The van der Waals surface area contributed by atoms with Crippen molar-refractivity contribution in [2.45, 2.75) is 30.1 Å². The minimum absolute atomic E-state index is 0.331. The van der Waals surface area contributed by atoms with Crippen molar-refractivity contribution in [3.8, 4) is 11.1 Å². The van der Waals surface area contributed by atoms with Gasteiger partial charge in [0.05, 0.1) is 9.79 Å². The number of hydrogen-bond acceptors (Lipinski definition) is 3. The lowest BCUT2D eigenvalue weighted by Gasteiger charge is -2.14. The van der Waals surface area contributed by atoms with Gasteiger partial charge >= 0.3 is 0 Å². The van der Waals surface area contributed by atoms with Crippen molar-refractivity contribution in [1.82, 2.24) is 0 Å². The molecule has 0 spiro atoms. The van der Waals surface area contributed by atoms with E-state index in [0.29, 0.717) is 9.79 Å². The molecular weight excluding hydrogens is 354 g/mol. The van der Waals surface area contributed by atoms with Crippen LogP contribution in [0.15, 0.2) is 76.5 Å². The van der Waals surface area contributed by atoms with Crippen molar-refractivity contribution < 1.29 is 8.42 Å². The minimum Gasteiger partial charge on any atom is -0.378 e. The number of anilines is 1. The van der Waals surface area contributed by atoms with Gasteiger partial charge in [0.25, 0.3) is 0 Å². The first-order chi connectivity index (χ1) is 12.8. The fourth-order valence-electron chi connectivity index (χ4n) is 3.11. The zero-order valence-corrected chi connectivity index (χ0v) is 17.0. The van der Waals surface area contributed by atoms with Crippen LogP contribution in [0.4, 0.5) is 5.69 Å². The van der Waals surface area contributed by atoms with Gasteiger partial charge in [-0.15, -0.1) is 0 Å². The van der Waals surface area contributed by atoms with E-state index in [1.54, 1.807) is 24.3 Å². The lowest BCUT2D eigenvalue weighted by molar-refractivity contribution is 0.596. The van der Waals surface area contributed by atoms with Gasteiger partial charge in [-0.1, -0.05) is 37.3 Å². The predicted molar refractivity (Wildman–Crippen MR) is 112 cm³/mol. The van der Waals surface area contributed by atoms with E-state index in [0.717, 1.165) is 34.4 Å². The quantitative estimate of drug-likeness (QED) is 0.617. The maximum atomic E-state index is 12.9. The standard InChI is InChI=1S/C23H25NO2S/c1-5-18-6-12-21(13-7-18)27(25,26)22-14-15-23(17(2)16-22)19-8-10-20(11-9-19)24(3)4/h6-16H,5H2,1-4H3. The zero-order valence-electron chi connectivity index (χ0n) is 16.2. The minimum atomic E-state index is -3.51. The fourth-order valence-corrected chi connectivity index (χ4v) is 4.45. The Bertz CT molecular complexity index is 1030. The van der Waals surface area contributed by atoms with Crippen molar-refractivity contribution in [2.75, 3.05) is 19.0 Å². The molecule has 3 rings (SSSR count). The smallest absolute Gasteiger partial charge is 0.206 e. The Hall–Kier alpha value is -2.59. The second-order valence-electron chi connectivity index (χ2n) is 6.92. The molecule has 0 aliphatic carbocycles. The molecule has 3 aromatic carbocycles. The topological polar surface area (TPSA) is 37.4 Å². The summed E-state index contributed by atoms with van der Waals surface area (Å²) in [6.45, 7) is 4.01. The third-order valence-corrected chi connectivity index (χ3v) is 6.61. The molecule has 3 nitrogen and oxygen atoms in total. The number of sulfone groups is 1. The zero-order chi connectivity index (χ0) is 19.6. The van der Waals surface area contributed by atoms with E-state index in [1.807, 2.05) is 39.2 Å². The van der Waals surface area contributed by atoms with Crippen LogP contribution in [0.5, 0.6) is 0 Å². The van der Waals surface area contributed by atoms with Gasteiger partial charge in [0.2, 0.25) is 9.84 Å². The van der Waals surface area contributed by atoms with Crippen LogP contribution in [0.3, 0.4) is 0 Å². The largest absolute Gasteiger partial charge is 0.378 e. The maximum Gasteiger partial charge on any atom is 0.206 e. The highest BCUT2D eigenvalue weighted by Crippen LogP contribution is 2.29. The molecule has 0 bridgehead atoms. The van der Waals surface area contributed by atoms with Gasteiger partial charge in [-0.3, -0.25) is 0 Å². The predicted octanol–water partition coefficient (Wildman–Crippen LogP) is 5.12. The molecule has 0 radical (unpaired) electrons. The molecule has 0 aromatic heterocycles. The number of benzene rings is 3. The average Bonchev–Trinajstić information content (AvgIpc) is 2.68. The normalized spacial score (nSPS) is 11.4. The van der Waals surface area contributed by atoms with E-state index in [2.05, 4.69) is 36.1 Å². The van der Waals surface area contributed by atoms with Crippen LogP contribution in [0, 0.1) is 6.92 Å². The lowest BCUT2D eigenvalue weighted by atomic mass is 10.0. The molecule has 3 aromatic rings. The van der Waals surface area contributed by atoms with E-state index in [1.165, 1.54) is 0 Å². The highest BCUT2D eigenvalue weighted by molar-refractivity contribution is 7.91. The molecule has 140 valence electrons. The molecule has 0 N–H and O–H groups in total. The molecule has 0 amide bonds. The van der Waals surface area contributed by atoms with Crippen LogP contribution in [-0.4, -0.2) is 22.5 Å². The summed E-state index contributed by atoms with van der Waals surface area (Å²) >= 11 is 0. The van der Waals surface area contributed by atoms with E-state index < -0.39 is 9.84 Å². The molecule has 0 fully saturated rings. The first-order valence-electron chi connectivity index (χ1n) is 9.05. The molecular formula is C23H25NO2S. The monoisotopic (exact) mass is 379 g/mol. The van der Waals surface area contributed by atoms with Crippen LogP contribution >= 0.6 is 0 Å². The van der Waals surface area contributed by atoms with Crippen LogP contribution in [0.25, 0.3) is 11.1 Å². The van der Waals surface area contributed by atoms with Crippen molar-refractivity contribution >= 4 is 15.5 Å². The summed E-state index contributed by atoms with van der Waals surface area (Å²) in [6.07, 6.45) is 0.890. The summed E-state index contributed by atoms with van der Waals surface area (Å²) in [4.78, 5) is 2.72. The molecule has 0 saturated heterocycles. The Labute approximate surface area is 162 Å². The first kappa shape index (κ1) is 19.2. The molecule has 4 heteroatoms. The Kier molecular flexibility index (Phi) is 5.38. The van der Waals surface area contributed by atoms with Crippen LogP contribution in [0.2, 0.25) is 0 Å². The second kappa shape index (κ2) is 7.57. The molecule has 27 heavy (non-hydrogen) atoms. The lowest BCUT2D eigenvalue weighted by Crippen LogP contribution is -2.08. The summed E-state index contributed by atoms with van der Waals surface area (Å²) < 4.78 is 25.9.